The molecule has 0 fully saturated rings. The summed E-state index contributed by atoms with van der Waals surface area (Å²) in [5, 5.41) is 32.2. The van der Waals surface area contributed by atoms with Gasteiger partial charge >= 0.3 is 0 Å². The van der Waals surface area contributed by atoms with Crippen molar-refractivity contribution in [3.05, 3.63) is 41.9 Å². The first kappa shape index (κ1) is 13.4. The lowest BCUT2D eigenvalue weighted by Crippen LogP contribution is -2.06. The molecule has 3 aromatic heterocycles. The zero-order chi connectivity index (χ0) is 15.0. The molecule has 108 valence electrons. The highest BCUT2D eigenvalue weighted by atomic mass is 16.5. The molecule has 0 bridgehead atoms. The van der Waals surface area contributed by atoms with E-state index in [1.165, 1.54) is 4.52 Å². The first-order valence-electron chi connectivity index (χ1n) is 6.16. The number of aliphatic hydroxyl groups is 3. The summed E-state index contributed by atoms with van der Waals surface area (Å²) in [7, 11) is 0. The minimum atomic E-state index is -1.77. The van der Waals surface area contributed by atoms with Crippen LogP contribution in [0.25, 0.3) is 16.9 Å². The number of nitrogens with two attached hydrogens (primary N) is 1. The molecule has 21 heavy (non-hydrogen) atoms. The van der Waals surface area contributed by atoms with Crippen molar-refractivity contribution in [3.63, 3.8) is 0 Å². The molecule has 8 heteroatoms. The highest BCUT2D eigenvalue weighted by Gasteiger charge is 2.17. The maximum absolute atomic E-state index is 9.36. The van der Waals surface area contributed by atoms with E-state index in [4.69, 9.17) is 10.8 Å². The summed E-state index contributed by atoms with van der Waals surface area (Å²) < 4.78 is 1.28. The fraction of sp³-hybridized carbons (Fsp3) is 0.154. The number of aromatic nitrogens is 4. The summed E-state index contributed by atoms with van der Waals surface area (Å²) in [5.74, 6) is 0.0110. The Morgan fingerprint density at radius 3 is 2.76 bits per heavy atom. The van der Waals surface area contributed by atoms with Crippen molar-refractivity contribution in [1.82, 2.24) is 19.6 Å². The van der Waals surface area contributed by atoms with Gasteiger partial charge in [0.1, 0.15) is 5.69 Å². The zero-order valence-electron chi connectivity index (χ0n) is 10.9. The first-order valence-corrected chi connectivity index (χ1v) is 6.16. The molecule has 0 aromatic carbocycles. The van der Waals surface area contributed by atoms with Gasteiger partial charge in [-0.1, -0.05) is 0 Å². The van der Waals surface area contributed by atoms with Crippen LogP contribution in [0.15, 0.2) is 30.6 Å². The smallest absolute Gasteiger partial charge is 0.199 e. The fourth-order valence-corrected chi connectivity index (χ4v) is 2.08. The van der Waals surface area contributed by atoms with Gasteiger partial charge in [0.25, 0.3) is 0 Å². The van der Waals surface area contributed by atoms with Crippen LogP contribution in [0.4, 0.5) is 5.82 Å². The minimum absolute atomic E-state index is 0.0110. The van der Waals surface area contributed by atoms with E-state index < -0.39 is 6.29 Å². The molecule has 3 aromatic rings. The van der Waals surface area contributed by atoms with Crippen molar-refractivity contribution in [2.75, 3.05) is 5.73 Å². The van der Waals surface area contributed by atoms with Crippen LogP contribution in [0.1, 0.15) is 17.5 Å². The second-order valence-corrected chi connectivity index (χ2v) is 4.48. The summed E-state index contributed by atoms with van der Waals surface area (Å²) in [5.41, 5.74) is 7.96. The Bertz CT molecular complexity index is 800. The highest BCUT2D eigenvalue weighted by molar-refractivity contribution is 5.61. The second kappa shape index (κ2) is 5.09. The Kier molecular flexibility index (Phi) is 3.26. The molecular formula is C13H13N5O3. The first-order chi connectivity index (χ1) is 10.1. The number of pyridine rings is 1. The molecule has 0 amide bonds. The Morgan fingerprint density at radius 2 is 2.05 bits per heavy atom. The van der Waals surface area contributed by atoms with E-state index in [0.29, 0.717) is 22.5 Å². The standard InChI is InChI=1S/C13H13N5O3/c14-12-11(13(20)21)18-10(16-12)2-1-9(17-18)8-3-7(6-19)4-15-5-8/h1-5,13,19-21H,6,14H2. The van der Waals surface area contributed by atoms with Crippen LogP contribution in [0, 0.1) is 0 Å². The van der Waals surface area contributed by atoms with Gasteiger partial charge in [-0.2, -0.15) is 5.10 Å². The molecular weight excluding hydrogens is 274 g/mol. The molecule has 0 spiro atoms. The molecule has 5 N–H and O–H groups in total. The van der Waals surface area contributed by atoms with E-state index >= 15 is 0 Å². The summed E-state index contributed by atoms with van der Waals surface area (Å²) in [6.45, 7) is -0.123. The van der Waals surface area contributed by atoms with Crippen LogP contribution < -0.4 is 5.73 Å². The molecule has 3 heterocycles. The number of hydrogen-bond donors (Lipinski definition) is 4. The molecule has 0 saturated carbocycles. The Labute approximate surface area is 119 Å². The van der Waals surface area contributed by atoms with Crippen molar-refractivity contribution >= 4 is 11.5 Å². The van der Waals surface area contributed by atoms with Crippen molar-refractivity contribution in [1.29, 1.82) is 0 Å². The Balaban J connectivity index is 2.18. The third-order valence-corrected chi connectivity index (χ3v) is 3.06. The van der Waals surface area contributed by atoms with Gasteiger partial charge in [-0.05, 0) is 23.8 Å². The van der Waals surface area contributed by atoms with Crippen LogP contribution >= 0.6 is 0 Å². The number of nitrogen functional groups attached to an aromatic ring is 1. The maximum Gasteiger partial charge on any atom is 0.199 e. The summed E-state index contributed by atoms with van der Waals surface area (Å²) in [6, 6.07) is 5.13. The molecule has 0 unspecified atom stereocenters. The maximum atomic E-state index is 9.36. The summed E-state index contributed by atoms with van der Waals surface area (Å²) in [6.07, 6.45) is 1.38. The normalized spacial score (nSPS) is 11.4. The van der Waals surface area contributed by atoms with Crippen molar-refractivity contribution in [2.45, 2.75) is 12.9 Å². The van der Waals surface area contributed by atoms with Gasteiger partial charge in [-0.25, -0.2) is 9.50 Å². The average Bonchev–Trinajstić information content (AvgIpc) is 2.82. The number of imidazole rings is 1. The SMILES string of the molecule is Nc1nc2ccc(-c3cncc(CO)c3)nn2c1C(O)O. The molecule has 0 aliphatic rings. The number of fused-ring (bicyclic) bond motifs is 1. The Hall–Kier alpha value is -2.55. The van der Waals surface area contributed by atoms with E-state index in [-0.39, 0.29) is 18.1 Å². The molecule has 8 nitrogen and oxygen atoms in total. The average molecular weight is 287 g/mol. The van der Waals surface area contributed by atoms with Crippen LogP contribution in [-0.2, 0) is 6.61 Å². The van der Waals surface area contributed by atoms with Crippen LogP contribution in [0.3, 0.4) is 0 Å². The van der Waals surface area contributed by atoms with E-state index in [0.717, 1.165) is 0 Å². The number of aliphatic hydroxyl groups excluding tert-OH is 2. The van der Waals surface area contributed by atoms with Crippen LogP contribution in [-0.4, -0.2) is 34.9 Å². The number of nitrogens with zero attached hydrogens (tertiary/aromatic N) is 4. The van der Waals surface area contributed by atoms with Gasteiger partial charge in [-0.3, -0.25) is 4.98 Å². The second-order valence-electron chi connectivity index (χ2n) is 4.48. The van der Waals surface area contributed by atoms with Gasteiger partial charge in [0.2, 0.25) is 0 Å². The van der Waals surface area contributed by atoms with E-state index in [9.17, 15) is 10.2 Å². The zero-order valence-corrected chi connectivity index (χ0v) is 10.9. The van der Waals surface area contributed by atoms with E-state index in [1.54, 1.807) is 30.6 Å². The van der Waals surface area contributed by atoms with Gasteiger partial charge in [0.05, 0.1) is 12.3 Å². The lowest BCUT2D eigenvalue weighted by atomic mass is 10.1. The number of hydrogen-bond acceptors (Lipinski definition) is 7. The highest BCUT2D eigenvalue weighted by Crippen LogP contribution is 2.23. The fourth-order valence-electron chi connectivity index (χ4n) is 2.08. The number of rotatable bonds is 3. The lowest BCUT2D eigenvalue weighted by molar-refractivity contribution is -0.0464. The van der Waals surface area contributed by atoms with Gasteiger partial charge in [-0.15, -0.1) is 0 Å². The van der Waals surface area contributed by atoms with Gasteiger partial charge in [0, 0.05) is 18.0 Å². The number of anilines is 1. The molecule has 0 aliphatic carbocycles. The van der Waals surface area contributed by atoms with E-state index in [2.05, 4.69) is 15.1 Å². The third-order valence-electron chi connectivity index (χ3n) is 3.06. The van der Waals surface area contributed by atoms with Crippen molar-refractivity contribution in [3.8, 4) is 11.3 Å². The molecule has 0 aliphatic heterocycles. The van der Waals surface area contributed by atoms with Crippen molar-refractivity contribution in [2.24, 2.45) is 0 Å². The van der Waals surface area contributed by atoms with Gasteiger partial charge < -0.3 is 21.1 Å². The predicted molar refractivity (Wildman–Crippen MR) is 73.7 cm³/mol. The molecule has 3 rings (SSSR count). The topological polar surface area (TPSA) is 130 Å². The third kappa shape index (κ3) is 2.31. The molecule has 0 radical (unpaired) electrons. The quantitative estimate of drug-likeness (QED) is 0.493. The molecule has 0 saturated heterocycles. The summed E-state index contributed by atoms with van der Waals surface area (Å²) in [4.78, 5) is 8.03. The largest absolute Gasteiger partial charge is 0.392 e. The lowest BCUT2D eigenvalue weighted by Gasteiger charge is -2.06. The minimum Gasteiger partial charge on any atom is -0.392 e. The predicted octanol–water partition coefficient (Wildman–Crippen LogP) is -0.151. The van der Waals surface area contributed by atoms with Crippen molar-refractivity contribution < 1.29 is 15.3 Å². The van der Waals surface area contributed by atoms with Gasteiger partial charge in [0.15, 0.2) is 17.8 Å². The van der Waals surface area contributed by atoms with Crippen LogP contribution in [0.2, 0.25) is 0 Å². The summed E-state index contributed by atoms with van der Waals surface area (Å²) >= 11 is 0. The van der Waals surface area contributed by atoms with Crippen LogP contribution in [0.5, 0.6) is 0 Å². The van der Waals surface area contributed by atoms with E-state index in [1.807, 2.05) is 0 Å². The molecule has 0 atom stereocenters. The monoisotopic (exact) mass is 287 g/mol. The Morgan fingerprint density at radius 1 is 1.24 bits per heavy atom.